The highest BCUT2D eigenvalue weighted by Crippen LogP contribution is 2.29. The van der Waals surface area contributed by atoms with Crippen molar-refractivity contribution in [1.82, 2.24) is 0 Å². The number of nitrogens with one attached hydrogen (secondary N) is 2. The van der Waals surface area contributed by atoms with Crippen LogP contribution in [0.3, 0.4) is 0 Å². The SMILES string of the molecule is Cc1cccc(NC(=O)c2ccc(NC3=C(Cl)C(=O)c4ccccc4C3=O)cc2)c1. The third kappa shape index (κ3) is 3.75. The highest BCUT2D eigenvalue weighted by Gasteiger charge is 2.31. The number of Topliss-reactive ketones (excluding diaryl/α,β-unsaturated/α-hetero) is 2. The number of rotatable bonds is 4. The molecular formula is C24H17ClN2O3. The Balaban J connectivity index is 1.52. The minimum Gasteiger partial charge on any atom is -0.351 e. The molecule has 6 heteroatoms. The minimum absolute atomic E-state index is 0.0253. The van der Waals surface area contributed by atoms with Crippen molar-refractivity contribution in [3.8, 4) is 0 Å². The molecule has 0 heterocycles. The molecule has 148 valence electrons. The molecular weight excluding hydrogens is 400 g/mol. The molecule has 0 saturated carbocycles. The van der Waals surface area contributed by atoms with Crippen molar-refractivity contribution in [3.05, 3.63) is 106 Å². The molecule has 0 fully saturated rings. The van der Waals surface area contributed by atoms with Gasteiger partial charge in [-0.2, -0.15) is 0 Å². The maximum absolute atomic E-state index is 12.8. The average molecular weight is 417 g/mol. The fourth-order valence-electron chi connectivity index (χ4n) is 3.23. The molecule has 3 aromatic rings. The van der Waals surface area contributed by atoms with Crippen LogP contribution in [0.1, 0.15) is 36.6 Å². The topological polar surface area (TPSA) is 75.3 Å². The first-order chi connectivity index (χ1) is 14.4. The molecule has 0 aromatic heterocycles. The predicted octanol–water partition coefficient (Wildman–Crippen LogP) is 5.19. The molecule has 2 N–H and O–H groups in total. The Labute approximate surface area is 178 Å². The number of carbonyl (C=O) groups excluding carboxylic acids is 3. The number of allylic oxidation sites excluding steroid dienone is 2. The zero-order valence-electron chi connectivity index (χ0n) is 16.0. The van der Waals surface area contributed by atoms with Gasteiger partial charge in [0.05, 0.1) is 0 Å². The predicted molar refractivity (Wildman–Crippen MR) is 117 cm³/mol. The Morgan fingerprint density at radius 1 is 0.800 bits per heavy atom. The third-order valence-electron chi connectivity index (χ3n) is 4.75. The van der Waals surface area contributed by atoms with E-state index in [2.05, 4.69) is 10.6 Å². The van der Waals surface area contributed by atoms with Crippen LogP contribution in [-0.4, -0.2) is 17.5 Å². The molecule has 0 saturated heterocycles. The fraction of sp³-hybridized carbons (Fsp3) is 0.0417. The first kappa shape index (κ1) is 19.6. The van der Waals surface area contributed by atoms with E-state index in [1.165, 1.54) is 0 Å². The van der Waals surface area contributed by atoms with Crippen LogP contribution in [0.4, 0.5) is 11.4 Å². The molecule has 0 bridgehead atoms. The molecule has 30 heavy (non-hydrogen) atoms. The van der Waals surface area contributed by atoms with Gasteiger partial charge < -0.3 is 10.6 Å². The number of halogens is 1. The number of ketones is 2. The van der Waals surface area contributed by atoms with Crippen molar-refractivity contribution in [2.45, 2.75) is 6.92 Å². The number of anilines is 2. The van der Waals surface area contributed by atoms with E-state index in [1.54, 1.807) is 48.5 Å². The van der Waals surface area contributed by atoms with Gasteiger partial charge in [0.15, 0.2) is 0 Å². The first-order valence-electron chi connectivity index (χ1n) is 9.27. The monoisotopic (exact) mass is 416 g/mol. The number of aryl methyl sites for hydroxylation is 1. The molecule has 4 rings (SSSR count). The van der Waals surface area contributed by atoms with E-state index in [0.717, 1.165) is 5.56 Å². The van der Waals surface area contributed by atoms with Gasteiger partial charge in [-0.05, 0) is 48.9 Å². The van der Waals surface area contributed by atoms with E-state index in [9.17, 15) is 14.4 Å². The number of hydrogen-bond donors (Lipinski definition) is 2. The van der Waals surface area contributed by atoms with Gasteiger partial charge in [-0.3, -0.25) is 14.4 Å². The quantitative estimate of drug-likeness (QED) is 0.613. The summed E-state index contributed by atoms with van der Waals surface area (Å²) in [6.07, 6.45) is 0. The Hall–Kier alpha value is -3.70. The van der Waals surface area contributed by atoms with Crippen LogP contribution >= 0.6 is 11.6 Å². The fourth-order valence-corrected chi connectivity index (χ4v) is 3.47. The summed E-state index contributed by atoms with van der Waals surface area (Å²) in [5, 5.41) is 5.61. The summed E-state index contributed by atoms with van der Waals surface area (Å²) < 4.78 is 0. The van der Waals surface area contributed by atoms with Crippen molar-refractivity contribution < 1.29 is 14.4 Å². The van der Waals surface area contributed by atoms with E-state index in [-0.39, 0.29) is 22.4 Å². The zero-order chi connectivity index (χ0) is 21.3. The minimum atomic E-state index is -0.400. The first-order valence-corrected chi connectivity index (χ1v) is 9.65. The van der Waals surface area contributed by atoms with Crippen molar-refractivity contribution in [3.63, 3.8) is 0 Å². The molecule has 3 aromatic carbocycles. The van der Waals surface area contributed by atoms with Crippen LogP contribution in [0.5, 0.6) is 0 Å². The van der Waals surface area contributed by atoms with Crippen LogP contribution in [0.2, 0.25) is 0 Å². The van der Waals surface area contributed by atoms with Crippen LogP contribution in [0.25, 0.3) is 0 Å². The number of carbonyl (C=O) groups is 3. The summed E-state index contributed by atoms with van der Waals surface area (Å²) in [7, 11) is 0. The molecule has 0 unspecified atom stereocenters. The van der Waals surface area contributed by atoms with Gasteiger partial charge in [0.1, 0.15) is 10.7 Å². The number of hydrogen-bond acceptors (Lipinski definition) is 4. The van der Waals surface area contributed by atoms with E-state index in [1.807, 2.05) is 31.2 Å². The molecule has 0 radical (unpaired) electrons. The van der Waals surface area contributed by atoms with E-state index in [4.69, 9.17) is 11.6 Å². The zero-order valence-corrected chi connectivity index (χ0v) is 16.8. The molecule has 1 amide bonds. The lowest BCUT2D eigenvalue weighted by atomic mass is 9.92. The summed E-state index contributed by atoms with van der Waals surface area (Å²) in [6.45, 7) is 1.95. The normalized spacial score (nSPS) is 13.1. The van der Waals surface area contributed by atoms with Crippen molar-refractivity contribution in [1.29, 1.82) is 0 Å². The Morgan fingerprint density at radius 2 is 1.47 bits per heavy atom. The van der Waals surface area contributed by atoms with Gasteiger partial charge in [-0.1, -0.05) is 48.0 Å². The van der Waals surface area contributed by atoms with Gasteiger partial charge in [-0.25, -0.2) is 0 Å². The number of benzene rings is 3. The van der Waals surface area contributed by atoms with Crippen molar-refractivity contribution in [2.24, 2.45) is 0 Å². The second kappa shape index (κ2) is 7.97. The lowest BCUT2D eigenvalue weighted by Gasteiger charge is -2.19. The maximum Gasteiger partial charge on any atom is 0.255 e. The average Bonchev–Trinajstić information content (AvgIpc) is 2.75. The Kier molecular flexibility index (Phi) is 5.21. The van der Waals surface area contributed by atoms with Crippen molar-refractivity contribution in [2.75, 3.05) is 10.6 Å². The largest absolute Gasteiger partial charge is 0.351 e. The van der Waals surface area contributed by atoms with Gasteiger partial charge in [0.2, 0.25) is 11.6 Å². The lowest BCUT2D eigenvalue weighted by Crippen LogP contribution is -2.24. The standard InChI is InChI=1S/C24H17ClN2O3/c1-14-5-4-6-17(13-14)27-24(30)15-9-11-16(12-10-15)26-21-20(25)22(28)18-7-2-3-8-19(18)23(21)29/h2-13,26H,1H3,(H,27,30). The van der Waals surface area contributed by atoms with Crippen LogP contribution < -0.4 is 10.6 Å². The second-order valence-electron chi connectivity index (χ2n) is 6.92. The lowest BCUT2D eigenvalue weighted by molar-refractivity contribution is 0.0982. The molecule has 5 nitrogen and oxygen atoms in total. The summed E-state index contributed by atoms with van der Waals surface area (Å²) in [6, 6.07) is 20.6. The summed E-state index contributed by atoms with van der Waals surface area (Å²) in [4.78, 5) is 37.7. The number of fused-ring (bicyclic) bond motifs is 1. The van der Waals surface area contributed by atoms with Crippen LogP contribution in [-0.2, 0) is 0 Å². The highest BCUT2D eigenvalue weighted by molar-refractivity contribution is 6.50. The number of amides is 1. The second-order valence-corrected chi connectivity index (χ2v) is 7.30. The highest BCUT2D eigenvalue weighted by atomic mass is 35.5. The maximum atomic E-state index is 12.8. The van der Waals surface area contributed by atoms with Crippen LogP contribution in [0, 0.1) is 6.92 Å². The van der Waals surface area contributed by atoms with E-state index in [0.29, 0.717) is 28.1 Å². The van der Waals surface area contributed by atoms with Crippen molar-refractivity contribution >= 4 is 40.4 Å². The Bertz CT molecular complexity index is 1210. The van der Waals surface area contributed by atoms with Gasteiger partial charge in [0.25, 0.3) is 5.91 Å². The summed E-state index contributed by atoms with van der Waals surface area (Å²) >= 11 is 6.17. The summed E-state index contributed by atoms with van der Waals surface area (Å²) in [5.74, 6) is -0.998. The van der Waals surface area contributed by atoms with Gasteiger partial charge in [0, 0.05) is 28.1 Å². The molecule has 1 aliphatic carbocycles. The smallest absolute Gasteiger partial charge is 0.255 e. The van der Waals surface area contributed by atoms with Gasteiger partial charge >= 0.3 is 0 Å². The third-order valence-corrected chi connectivity index (χ3v) is 5.12. The molecule has 1 aliphatic rings. The molecule has 0 atom stereocenters. The van der Waals surface area contributed by atoms with E-state index < -0.39 is 5.78 Å². The van der Waals surface area contributed by atoms with Crippen LogP contribution in [0.15, 0.2) is 83.5 Å². The Morgan fingerprint density at radius 3 is 2.13 bits per heavy atom. The van der Waals surface area contributed by atoms with Gasteiger partial charge in [-0.15, -0.1) is 0 Å². The van der Waals surface area contributed by atoms with E-state index >= 15 is 0 Å². The molecule has 0 spiro atoms. The molecule has 0 aliphatic heterocycles. The summed E-state index contributed by atoms with van der Waals surface area (Å²) in [5.41, 5.74) is 3.38.